The molecule has 3 aliphatic heterocycles. The summed E-state index contributed by atoms with van der Waals surface area (Å²) in [6.45, 7) is 16.6. The molecule has 6 aromatic heterocycles. The highest BCUT2D eigenvalue weighted by Gasteiger charge is 2.30. The first-order valence-corrected chi connectivity index (χ1v) is 43.3. The Morgan fingerprint density at radius 1 is 0.348 bits per heavy atom. The Balaban J connectivity index is 0.000000211. The van der Waals surface area contributed by atoms with Gasteiger partial charge < -0.3 is 64.7 Å². The molecule has 30 nitrogen and oxygen atoms in total. The number of fused-ring (bicyclic) bond motifs is 3. The third kappa shape index (κ3) is 25.7. The fraction of sp³-hybridized carbons (Fsp3) is 0.294. The van der Waals surface area contributed by atoms with Gasteiger partial charge in [-0.2, -0.15) is 0 Å². The second kappa shape index (κ2) is 50.9. The number of halogens is 6. The van der Waals surface area contributed by atoms with E-state index in [1.165, 1.54) is 127 Å². The highest BCUT2D eigenvalue weighted by Crippen LogP contribution is 2.48. The SMILES string of the molecule is C.C.C.C.C.COc1cc(OC)c(Cl)c(-c2ccc(C(=O)Nc3ccc(CN4CCNCC4)cn3)c3nccnc23)c1F.COc1cc(OC)c(Cl)c(-c2ccc(C(=O)O)c3nccnc23)c1F.COc1ccc(CN2CCN(Cc3ccc(N)nc3)CC2)cc1.COc1ccc(CN2CCN(Cc3ccc(NC(=O)c4ccc(-c5c(F)c(OC)cc(OC)c5Cl)c5nccnc45)nc3)CC2)cc1. The number of aromatic nitrogens is 9. The molecule has 2 amide bonds. The van der Waals surface area contributed by atoms with Crippen molar-refractivity contribution in [1.82, 2.24) is 74.7 Å². The number of rotatable bonds is 26. The number of carbonyl (C=O) groups is 3. The average Bonchev–Trinajstić information content (AvgIpc) is 0.757. The largest absolute Gasteiger partial charge is 0.497 e. The number of carboxylic acids is 1. The third-order valence-electron chi connectivity index (χ3n) is 22.6. The summed E-state index contributed by atoms with van der Waals surface area (Å²) in [4.78, 5) is 89.1. The Morgan fingerprint density at radius 3 is 0.906 bits per heavy atom. The minimum Gasteiger partial charge on any atom is -0.497 e. The molecule has 0 bridgehead atoms. The van der Waals surface area contributed by atoms with Crippen molar-refractivity contribution in [3.8, 4) is 79.4 Å². The molecular weight excluding hydrogens is 1830 g/mol. The van der Waals surface area contributed by atoms with Gasteiger partial charge in [-0.25, -0.2) is 32.9 Å². The number of benzene rings is 8. The van der Waals surface area contributed by atoms with Crippen LogP contribution >= 0.6 is 34.8 Å². The lowest BCUT2D eigenvalue weighted by molar-refractivity contribution is 0.0698. The number of carboxylic acid groups (broad SMARTS) is 1. The van der Waals surface area contributed by atoms with Crippen molar-refractivity contribution in [2.75, 3.05) is 152 Å². The summed E-state index contributed by atoms with van der Waals surface area (Å²) >= 11 is 19.3. The first kappa shape index (κ1) is 108. The zero-order chi connectivity index (χ0) is 93.8. The number of nitrogens with one attached hydrogen (secondary N) is 3. The van der Waals surface area contributed by atoms with Gasteiger partial charge in [-0.15, -0.1) is 0 Å². The summed E-state index contributed by atoms with van der Waals surface area (Å²) < 4.78 is 87.4. The van der Waals surface area contributed by atoms with Crippen molar-refractivity contribution in [2.45, 2.75) is 69.9 Å². The number of pyridine rings is 3. The standard InChI is InChI=1S/C35H34ClFN6O4.C27H26ClFN6O3.C18H24N4O.C17H12ClFN2O4.5CH4/c1-45-24-7-4-22(5-8-24)20-42-14-16-43(17-15-42)21-23-6-11-29(40-19-23)41-35(44)26-10-9-25(33-34(26)39-13-12-38-33)30-31(36)27(46-2)18-28(47-3)32(30)37;1-37-19-13-20(38-2)24(29)22(23(19)28)17-4-5-18(26-25(17)31-7-8-32-26)27(36)34-21-6-3-16(14-33-21)15-35-11-9-30-10-12-35;1-23-17-5-2-15(3-6-17)13-21-8-10-22(11-9-21)14-16-4-7-18(19)20-12-16;1-24-10-7-11(25-2)14(19)12(13(10)18)8-3-4-9(17(22)23)16-15(8)20-5-6-21-16;;;;;/h4-13,18-19H,14-17,20-21H2,1-3H3,(H,40,41,44);3-8,13-14,30H,9-12,15H2,1-2H3,(H,33,34,36);2-7,12H,8-11,13-14H2,1H3,(H2,19,20);3-7H,1-2H3,(H,22,23);5*1H4. The summed E-state index contributed by atoms with van der Waals surface area (Å²) in [5, 5.41) is 18.4. The van der Waals surface area contributed by atoms with E-state index in [-0.39, 0.29) is 148 Å². The maximum Gasteiger partial charge on any atom is 0.337 e. The molecule has 728 valence electrons. The van der Waals surface area contributed by atoms with Crippen LogP contribution in [-0.4, -0.2) is 228 Å². The molecule has 0 spiro atoms. The molecule has 3 aliphatic rings. The predicted molar refractivity (Wildman–Crippen MR) is 538 cm³/mol. The maximum absolute atomic E-state index is 15.5. The van der Waals surface area contributed by atoms with Crippen LogP contribution in [-0.2, 0) is 32.7 Å². The van der Waals surface area contributed by atoms with Gasteiger partial charge in [0.25, 0.3) is 11.8 Å². The van der Waals surface area contributed by atoms with Gasteiger partial charge in [0, 0.05) is 219 Å². The maximum atomic E-state index is 15.5. The number of ether oxygens (including phenoxy) is 8. The highest BCUT2D eigenvalue weighted by molar-refractivity contribution is 6.36. The number of nitrogen functional groups attached to an aromatic ring is 1. The molecule has 3 fully saturated rings. The molecule has 0 aliphatic carbocycles. The van der Waals surface area contributed by atoms with Crippen LogP contribution in [0.3, 0.4) is 0 Å². The molecule has 0 unspecified atom stereocenters. The topological polar surface area (TPSA) is 340 Å². The van der Waals surface area contributed by atoms with Crippen LogP contribution in [0.5, 0.6) is 46.0 Å². The lowest BCUT2D eigenvalue weighted by Crippen LogP contribution is -2.45. The summed E-state index contributed by atoms with van der Waals surface area (Å²) in [6.07, 6.45) is 14.0. The van der Waals surface area contributed by atoms with Crippen LogP contribution in [0.15, 0.2) is 195 Å². The molecule has 0 atom stereocenters. The van der Waals surface area contributed by atoms with Gasteiger partial charge in [0.15, 0.2) is 34.7 Å². The number of methoxy groups -OCH3 is 8. The van der Waals surface area contributed by atoms with Crippen LogP contribution in [0, 0.1) is 17.5 Å². The summed E-state index contributed by atoms with van der Waals surface area (Å²) in [7, 11) is 11.7. The second-order valence-corrected chi connectivity index (χ2v) is 32.0. The van der Waals surface area contributed by atoms with E-state index in [9.17, 15) is 23.9 Å². The molecule has 6 N–H and O–H groups in total. The van der Waals surface area contributed by atoms with Crippen LogP contribution in [0.4, 0.5) is 30.6 Å². The van der Waals surface area contributed by atoms with E-state index in [1.54, 1.807) is 63.0 Å². The number of amides is 2. The number of nitrogens with zero attached hydrogens (tertiary/aromatic N) is 14. The molecule has 8 aromatic carbocycles. The summed E-state index contributed by atoms with van der Waals surface area (Å²) in [5.41, 5.74) is 14.6. The van der Waals surface area contributed by atoms with E-state index >= 15 is 8.78 Å². The number of nitrogens with two attached hydrogens (primary N) is 1. The Morgan fingerprint density at radius 2 is 0.623 bits per heavy atom. The van der Waals surface area contributed by atoms with Crippen LogP contribution in [0.1, 0.15) is 96.0 Å². The Kier molecular flexibility index (Phi) is 39.8. The van der Waals surface area contributed by atoms with E-state index < -0.39 is 35.2 Å². The smallest absolute Gasteiger partial charge is 0.337 e. The van der Waals surface area contributed by atoms with Crippen molar-refractivity contribution in [3.05, 3.63) is 272 Å². The number of hydrogen-bond donors (Lipinski definition) is 5. The van der Waals surface area contributed by atoms with Crippen LogP contribution < -0.4 is 59.6 Å². The van der Waals surface area contributed by atoms with Crippen molar-refractivity contribution < 1.29 is 70.6 Å². The zero-order valence-electron chi connectivity index (χ0n) is 74.0. The second-order valence-electron chi connectivity index (χ2n) is 30.8. The molecule has 138 heavy (non-hydrogen) atoms. The first-order chi connectivity index (χ1) is 64.6. The Bertz CT molecular complexity index is 6370. The number of aromatic carboxylic acids is 1. The van der Waals surface area contributed by atoms with Gasteiger partial charge in [0.1, 0.15) is 62.8 Å². The summed E-state index contributed by atoms with van der Waals surface area (Å²) in [5.74, 6) is -0.334. The molecule has 14 aromatic rings. The lowest BCUT2D eigenvalue weighted by atomic mass is 9.99. The van der Waals surface area contributed by atoms with Gasteiger partial charge in [-0.05, 0) is 88.5 Å². The molecule has 3 saturated heterocycles. The number of hydrogen-bond acceptors (Lipinski definition) is 27. The molecule has 0 radical (unpaired) electrons. The van der Waals surface area contributed by atoms with E-state index in [0.29, 0.717) is 39.6 Å². The van der Waals surface area contributed by atoms with E-state index in [0.717, 1.165) is 134 Å². The molecule has 0 saturated carbocycles. The Labute approximate surface area is 816 Å². The number of anilines is 3. The average molecular weight is 1950 g/mol. The van der Waals surface area contributed by atoms with Gasteiger partial charge >= 0.3 is 5.97 Å². The monoisotopic (exact) mass is 1950 g/mol. The van der Waals surface area contributed by atoms with Crippen LogP contribution in [0.25, 0.3) is 66.5 Å². The minimum absolute atomic E-state index is 0. The quantitative estimate of drug-likeness (QED) is 0.0336. The van der Waals surface area contributed by atoms with E-state index in [4.69, 9.17) is 78.4 Å². The van der Waals surface area contributed by atoms with E-state index in [2.05, 4.69) is 116 Å². The molecule has 9 heterocycles. The number of piperazine rings is 3. The Hall–Kier alpha value is -13.7. The first-order valence-electron chi connectivity index (χ1n) is 42.2. The molecule has 36 heteroatoms. The van der Waals surface area contributed by atoms with Gasteiger partial charge in [0.05, 0.1) is 105 Å². The number of carbonyl (C=O) groups excluding carboxylic acids is 2. The molecular formula is C102H116Cl3F3N18O12. The van der Waals surface area contributed by atoms with Crippen molar-refractivity contribution in [3.63, 3.8) is 0 Å². The minimum atomic E-state index is -1.16. The summed E-state index contributed by atoms with van der Waals surface area (Å²) in [6, 6.07) is 41.1. The van der Waals surface area contributed by atoms with Crippen LogP contribution in [0.2, 0.25) is 15.1 Å². The zero-order valence-corrected chi connectivity index (χ0v) is 76.3. The van der Waals surface area contributed by atoms with Crippen molar-refractivity contribution >= 4 is 103 Å². The van der Waals surface area contributed by atoms with Gasteiger partial charge in [-0.3, -0.25) is 64.0 Å². The predicted octanol–water partition coefficient (Wildman–Crippen LogP) is 19.2. The van der Waals surface area contributed by atoms with Crippen molar-refractivity contribution in [2.24, 2.45) is 0 Å². The highest BCUT2D eigenvalue weighted by atomic mass is 35.5. The fourth-order valence-electron chi connectivity index (χ4n) is 15.6. The molecule has 17 rings (SSSR count). The normalized spacial score (nSPS) is 13.2. The van der Waals surface area contributed by atoms with Gasteiger partial charge in [-0.1, -0.05) is 133 Å². The van der Waals surface area contributed by atoms with E-state index in [1.807, 2.05) is 48.7 Å². The van der Waals surface area contributed by atoms with Crippen molar-refractivity contribution in [1.29, 1.82) is 0 Å². The van der Waals surface area contributed by atoms with Gasteiger partial charge in [0.2, 0.25) is 0 Å². The fourth-order valence-corrected chi connectivity index (χ4v) is 16.5. The third-order valence-corrected chi connectivity index (χ3v) is 23.7. The lowest BCUT2D eigenvalue weighted by Gasteiger charge is -2.34.